The molecule has 7 heteroatoms. The van der Waals surface area contributed by atoms with Crippen molar-refractivity contribution in [2.75, 3.05) is 6.61 Å². The first-order valence-electron chi connectivity index (χ1n) is 8.08. The average Bonchev–Trinajstić information content (AvgIpc) is 2.91. The number of nitrogens with zero attached hydrogens (tertiary/aromatic N) is 1. The highest BCUT2D eigenvalue weighted by atomic mass is 16.5. The molecule has 1 N–H and O–H groups in total. The Kier molecular flexibility index (Phi) is 6.17. The summed E-state index contributed by atoms with van der Waals surface area (Å²) in [5, 5.41) is 2.79. The van der Waals surface area contributed by atoms with Gasteiger partial charge in [0.05, 0.1) is 11.9 Å². The van der Waals surface area contributed by atoms with Gasteiger partial charge in [0.25, 0.3) is 5.91 Å². The van der Waals surface area contributed by atoms with E-state index in [-0.39, 0.29) is 31.5 Å². The quantitative estimate of drug-likeness (QED) is 0.744. The minimum Gasteiger partial charge on any atom is -0.456 e. The molecule has 24 heavy (non-hydrogen) atoms. The van der Waals surface area contributed by atoms with E-state index < -0.39 is 11.7 Å². The molecule has 2 aromatic rings. The molecule has 0 spiro atoms. The fraction of sp³-hybridized carbons (Fsp3) is 0.471. The van der Waals surface area contributed by atoms with Crippen molar-refractivity contribution in [2.24, 2.45) is 0 Å². The van der Waals surface area contributed by atoms with Crippen molar-refractivity contribution in [2.45, 2.75) is 45.7 Å². The molecule has 1 aromatic carbocycles. The zero-order valence-corrected chi connectivity index (χ0v) is 13.9. The molecule has 0 aliphatic heterocycles. The molecule has 0 bridgehead atoms. The van der Waals surface area contributed by atoms with Crippen LogP contribution in [-0.4, -0.2) is 29.1 Å². The summed E-state index contributed by atoms with van der Waals surface area (Å²) in [5.74, 6) is -1.37. The van der Waals surface area contributed by atoms with Crippen molar-refractivity contribution in [3.63, 3.8) is 0 Å². The van der Waals surface area contributed by atoms with Crippen LogP contribution < -0.4 is 11.1 Å². The molecular weight excluding hydrogens is 312 g/mol. The van der Waals surface area contributed by atoms with Gasteiger partial charge in [0.1, 0.15) is 0 Å². The largest absolute Gasteiger partial charge is 0.456 e. The molecule has 0 fully saturated rings. The number of carbonyl (C=O) groups is 2. The lowest BCUT2D eigenvalue weighted by Gasteiger charge is -2.14. The van der Waals surface area contributed by atoms with Crippen molar-refractivity contribution < 1.29 is 18.7 Å². The molecule has 0 aliphatic rings. The highest BCUT2D eigenvalue weighted by Crippen LogP contribution is 2.12. The zero-order chi connectivity index (χ0) is 17.5. The molecule has 0 saturated heterocycles. The van der Waals surface area contributed by atoms with E-state index in [1.807, 2.05) is 13.8 Å². The van der Waals surface area contributed by atoms with Crippen LogP contribution in [0, 0.1) is 0 Å². The number of aromatic nitrogens is 1. The third-order valence-electron chi connectivity index (χ3n) is 3.83. The van der Waals surface area contributed by atoms with Crippen molar-refractivity contribution >= 4 is 23.0 Å². The number of nitrogens with one attached hydrogen (secondary N) is 1. The first-order valence-corrected chi connectivity index (χ1v) is 8.08. The summed E-state index contributed by atoms with van der Waals surface area (Å²) in [6, 6.07) is 7.08. The van der Waals surface area contributed by atoms with Gasteiger partial charge in [-0.2, -0.15) is 0 Å². The van der Waals surface area contributed by atoms with Crippen molar-refractivity contribution in [3.8, 4) is 0 Å². The minimum atomic E-state index is -0.535. The fourth-order valence-electron chi connectivity index (χ4n) is 2.41. The van der Waals surface area contributed by atoms with E-state index in [4.69, 9.17) is 9.15 Å². The summed E-state index contributed by atoms with van der Waals surface area (Å²) < 4.78 is 11.4. The number of amides is 1. The Morgan fingerprint density at radius 1 is 1.25 bits per heavy atom. The maximum Gasteiger partial charge on any atom is 0.419 e. The third-order valence-corrected chi connectivity index (χ3v) is 3.83. The van der Waals surface area contributed by atoms with Crippen molar-refractivity contribution in [3.05, 3.63) is 34.8 Å². The third kappa shape index (κ3) is 4.47. The number of hydrogen-bond acceptors (Lipinski definition) is 5. The number of para-hydroxylation sites is 2. The van der Waals surface area contributed by atoms with Gasteiger partial charge >= 0.3 is 11.7 Å². The number of esters is 1. The molecule has 2 rings (SSSR count). The number of oxazole rings is 1. The lowest BCUT2D eigenvalue weighted by atomic mass is 10.2. The van der Waals surface area contributed by atoms with Gasteiger partial charge in [0.15, 0.2) is 12.2 Å². The summed E-state index contributed by atoms with van der Waals surface area (Å²) in [5.41, 5.74) is 1.10. The Balaban J connectivity index is 1.84. The summed E-state index contributed by atoms with van der Waals surface area (Å²) in [7, 11) is 0. The van der Waals surface area contributed by atoms with Crippen molar-refractivity contribution in [1.29, 1.82) is 0 Å². The first-order chi connectivity index (χ1) is 11.5. The van der Waals surface area contributed by atoms with Crippen LogP contribution in [0.5, 0.6) is 0 Å². The van der Waals surface area contributed by atoms with Gasteiger partial charge in [-0.3, -0.25) is 14.2 Å². The molecule has 1 aromatic heterocycles. The second kappa shape index (κ2) is 8.33. The molecule has 0 aliphatic carbocycles. The molecule has 130 valence electrons. The van der Waals surface area contributed by atoms with Crippen molar-refractivity contribution in [1.82, 2.24) is 9.88 Å². The normalized spacial score (nSPS) is 11.0. The van der Waals surface area contributed by atoms with Crippen LogP contribution in [0.3, 0.4) is 0 Å². The Hall–Kier alpha value is -2.57. The molecular formula is C17H22N2O5. The van der Waals surface area contributed by atoms with Crippen LogP contribution in [0.2, 0.25) is 0 Å². The van der Waals surface area contributed by atoms with Gasteiger partial charge in [-0.15, -0.1) is 0 Å². The minimum absolute atomic E-state index is 0.0122. The fourth-order valence-corrected chi connectivity index (χ4v) is 2.41. The van der Waals surface area contributed by atoms with Crippen LogP contribution in [0.1, 0.15) is 33.1 Å². The van der Waals surface area contributed by atoms with Crippen LogP contribution in [-0.2, 0) is 20.9 Å². The SMILES string of the molecule is CCC(CC)NC(=O)COC(=O)CCn1c(=O)oc2ccccc21. The second-order valence-corrected chi connectivity index (χ2v) is 5.48. The maximum atomic E-state index is 11.8. The number of aryl methyl sites for hydroxylation is 1. The lowest BCUT2D eigenvalue weighted by molar-refractivity contribution is -0.149. The Labute approximate surface area is 139 Å². The Morgan fingerprint density at radius 2 is 1.96 bits per heavy atom. The monoisotopic (exact) mass is 334 g/mol. The molecule has 0 unspecified atom stereocenters. The van der Waals surface area contributed by atoms with Crippen LogP contribution >= 0.6 is 0 Å². The van der Waals surface area contributed by atoms with Crippen LogP contribution in [0.15, 0.2) is 33.5 Å². The Morgan fingerprint density at radius 3 is 2.67 bits per heavy atom. The van der Waals surface area contributed by atoms with Gasteiger partial charge in [-0.05, 0) is 25.0 Å². The molecule has 1 heterocycles. The number of ether oxygens (including phenoxy) is 1. The second-order valence-electron chi connectivity index (χ2n) is 5.48. The van der Waals surface area contributed by atoms with E-state index in [9.17, 15) is 14.4 Å². The van der Waals surface area contributed by atoms with E-state index in [0.717, 1.165) is 12.8 Å². The number of fused-ring (bicyclic) bond motifs is 1. The molecule has 0 radical (unpaired) electrons. The van der Waals surface area contributed by atoms with E-state index in [2.05, 4.69) is 5.32 Å². The molecule has 1 amide bonds. The molecule has 0 saturated carbocycles. The van der Waals surface area contributed by atoms with E-state index in [1.165, 1.54) is 4.57 Å². The van der Waals surface area contributed by atoms with Gasteiger partial charge in [0.2, 0.25) is 0 Å². The predicted octanol–water partition coefficient (Wildman–Crippen LogP) is 1.83. The standard InChI is InChI=1S/C17H22N2O5/c1-3-12(4-2)18-15(20)11-23-16(21)9-10-19-13-7-5-6-8-14(13)24-17(19)22/h5-8,12H,3-4,9-11H2,1-2H3,(H,18,20). The summed E-state index contributed by atoms with van der Waals surface area (Å²) in [6.07, 6.45) is 1.64. The van der Waals surface area contributed by atoms with Gasteiger partial charge in [0, 0.05) is 12.6 Å². The highest BCUT2D eigenvalue weighted by molar-refractivity contribution is 5.80. The summed E-state index contributed by atoms with van der Waals surface area (Å²) in [6.45, 7) is 3.79. The first kappa shape index (κ1) is 17.8. The molecule has 0 atom stereocenters. The topological polar surface area (TPSA) is 90.5 Å². The zero-order valence-electron chi connectivity index (χ0n) is 13.9. The van der Waals surface area contributed by atoms with E-state index in [1.54, 1.807) is 24.3 Å². The molecule has 7 nitrogen and oxygen atoms in total. The van der Waals surface area contributed by atoms with E-state index in [0.29, 0.717) is 11.1 Å². The number of carbonyl (C=O) groups excluding carboxylic acids is 2. The maximum absolute atomic E-state index is 11.8. The van der Waals surface area contributed by atoms with Crippen LogP contribution in [0.25, 0.3) is 11.1 Å². The number of rotatable bonds is 8. The van der Waals surface area contributed by atoms with Gasteiger partial charge in [-0.1, -0.05) is 26.0 Å². The number of hydrogen-bond donors (Lipinski definition) is 1. The predicted molar refractivity (Wildman–Crippen MR) is 88.6 cm³/mol. The lowest BCUT2D eigenvalue weighted by Crippen LogP contribution is -2.37. The van der Waals surface area contributed by atoms with Crippen LogP contribution in [0.4, 0.5) is 0 Å². The van der Waals surface area contributed by atoms with Gasteiger partial charge in [-0.25, -0.2) is 4.79 Å². The average molecular weight is 334 g/mol. The van der Waals surface area contributed by atoms with E-state index >= 15 is 0 Å². The highest BCUT2D eigenvalue weighted by Gasteiger charge is 2.13. The van der Waals surface area contributed by atoms with Gasteiger partial charge < -0.3 is 14.5 Å². The Bertz CT molecular complexity index is 758. The summed E-state index contributed by atoms with van der Waals surface area (Å²) in [4.78, 5) is 35.2. The summed E-state index contributed by atoms with van der Waals surface area (Å²) >= 11 is 0. The number of benzene rings is 1. The smallest absolute Gasteiger partial charge is 0.419 e.